The number of aryl methyl sites for hydroxylation is 2. The molecule has 0 spiro atoms. The maximum absolute atomic E-state index is 5.80. The molecule has 2 aliphatic rings. The highest BCUT2D eigenvalue weighted by Crippen LogP contribution is 2.13. The number of nitrogens with zero attached hydrogens (tertiary/aromatic N) is 6. The van der Waals surface area contributed by atoms with Gasteiger partial charge in [0, 0.05) is 52.9 Å². The third kappa shape index (κ3) is 5.83. The molecule has 2 aromatic rings. The molecule has 4 rings (SSSR count). The Hall–Kier alpha value is -2.45. The molecule has 0 radical (unpaired) electrons. The largest absolute Gasteiger partial charge is 0.376 e. The minimum Gasteiger partial charge on any atom is -0.376 e. The third-order valence-corrected chi connectivity index (χ3v) is 6.23. The average molecular weight is 426 g/mol. The van der Waals surface area contributed by atoms with Crippen molar-refractivity contribution in [1.82, 2.24) is 29.9 Å². The smallest absolute Gasteiger partial charge is 0.194 e. The summed E-state index contributed by atoms with van der Waals surface area (Å²) < 4.78 is 7.80. The van der Waals surface area contributed by atoms with Gasteiger partial charge in [-0.25, -0.2) is 4.99 Å². The van der Waals surface area contributed by atoms with Crippen LogP contribution in [0.1, 0.15) is 35.6 Å². The van der Waals surface area contributed by atoms with Crippen molar-refractivity contribution in [1.29, 1.82) is 0 Å². The van der Waals surface area contributed by atoms with Crippen molar-refractivity contribution in [2.45, 2.75) is 45.9 Å². The molecule has 2 aliphatic heterocycles. The van der Waals surface area contributed by atoms with E-state index in [1.807, 2.05) is 18.5 Å². The first kappa shape index (κ1) is 21.8. The minimum absolute atomic E-state index is 0.282. The Morgan fingerprint density at radius 2 is 2.03 bits per heavy atom. The first-order valence-electron chi connectivity index (χ1n) is 11.4. The SMILES string of the molecule is Cc1cccc(CN2CCN(C(=NCc3nnc(C)n3C)NCC3CCCO3)CC2)c1. The van der Waals surface area contributed by atoms with E-state index >= 15 is 0 Å². The Balaban J connectivity index is 1.37. The number of ether oxygens (including phenoxy) is 1. The van der Waals surface area contributed by atoms with Crippen LogP contribution in [0.2, 0.25) is 0 Å². The van der Waals surface area contributed by atoms with Crippen LogP contribution in [-0.4, -0.2) is 76.0 Å². The van der Waals surface area contributed by atoms with Crippen LogP contribution in [0.15, 0.2) is 29.3 Å². The van der Waals surface area contributed by atoms with Crippen molar-refractivity contribution in [2.75, 3.05) is 39.3 Å². The highest BCUT2D eigenvalue weighted by molar-refractivity contribution is 5.80. The predicted molar refractivity (Wildman–Crippen MR) is 122 cm³/mol. The van der Waals surface area contributed by atoms with Crippen molar-refractivity contribution in [2.24, 2.45) is 12.0 Å². The van der Waals surface area contributed by atoms with Crippen molar-refractivity contribution >= 4 is 5.96 Å². The summed E-state index contributed by atoms with van der Waals surface area (Å²) in [6.45, 7) is 11.3. The lowest BCUT2D eigenvalue weighted by Gasteiger charge is -2.37. The van der Waals surface area contributed by atoms with Gasteiger partial charge in [-0.1, -0.05) is 29.8 Å². The number of benzene rings is 1. The number of piperazine rings is 1. The van der Waals surface area contributed by atoms with Crippen molar-refractivity contribution in [3.63, 3.8) is 0 Å². The molecule has 0 amide bonds. The fourth-order valence-electron chi connectivity index (χ4n) is 4.20. The maximum atomic E-state index is 5.80. The predicted octanol–water partition coefficient (Wildman–Crippen LogP) is 1.87. The van der Waals surface area contributed by atoms with Crippen LogP contribution in [-0.2, 0) is 24.9 Å². The summed E-state index contributed by atoms with van der Waals surface area (Å²) in [5.41, 5.74) is 2.71. The van der Waals surface area contributed by atoms with E-state index in [-0.39, 0.29) is 6.10 Å². The topological polar surface area (TPSA) is 70.8 Å². The van der Waals surface area contributed by atoms with Gasteiger partial charge in [0.05, 0.1) is 6.10 Å². The number of guanidine groups is 1. The summed E-state index contributed by atoms with van der Waals surface area (Å²) in [5.74, 6) is 2.74. The van der Waals surface area contributed by atoms with Gasteiger partial charge in [-0.05, 0) is 32.3 Å². The van der Waals surface area contributed by atoms with Crippen LogP contribution < -0.4 is 5.32 Å². The number of rotatable bonds is 6. The lowest BCUT2D eigenvalue weighted by Crippen LogP contribution is -2.53. The van der Waals surface area contributed by atoms with E-state index in [0.717, 1.165) is 76.3 Å². The van der Waals surface area contributed by atoms with Crippen LogP contribution in [0.25, 0.3) is 0 Å². The highest BCUT2D eigenvalue weighted by atomic mass is 16.5. The Labute approximate surface area is 185 Å². The maximum Gasteiger partial charge on any atom is 0.194 e. The molecule has 0 aliphatic carbocycles. The lowest BCUT2D eigenvalue weighted by molar-refractivity contribution is 0.112. The molecule has 1 unspecified atom stereocenters. The van der Waals surface area contributed by atoms with Crippen LogP contribution in [0, 0.1) is 13.8 Å². The van der Waals surface area contributed by atoms with E-state index in [9.17, 15) is 0 Å². The fraction of sp³-hybridized carbons (Fsp3) is 0.609. The molecule has 1 N–H and O–H groups in total. The Morgan fingerprint density at radius 1 is 1.19 bits per heavy atom. The Bertz CT molecular complexity index is 880. The van der Waals surface area contributed by atoms with Gasteiger partial charge in [-0.15, -0.1) is 10.2 Å². The zero-order valence-electron chi connectivity index (χ0n) is 19.0. The number of aliphatic imine (C=N–C) groups is 1. The third-order valence-electron chi connectivity index (χ3n) is 6.23. The van der Waals surface area contributed by atoms with Gasteiger partial charge in [0.25, 0.3) is 0 Å². The summed E-state index contributed by atoms with van der Waals surface area (Å²) in [6, 6.07) is 8.81. The molecule has 168 valence electrons. The molecule has 3 heterocycles. The number of hydrogen-bond acceptors (Lipinski definition) is 5. The lowest BCUT2D eigenvalue weighted by atomic mass is 10.1. The molecule has 1 aromatic heterocycles. The fourth-order valence-corrected chi connectivity index (χ4v) is 4.20. The Kier molecular flexibility index (Phi) is 7.19. The first-order valence-corrected chi connectivity index (χ1v) is 11.4. The van der Waals surface area contributed by atoms with Gasteiger partial charge >= 0.3 is 0 Å². The van der Waals surface area contributed by atoms with Gasteiger partial charge < -0.3 is 19.5 Å². The second-order valence-corrected chi connectivity index (χ2v) is 8.63. The number of nitrogens with one attached hydrogen (secondary N) is 1. The molecule has 31 heavy (non-hydrogen) atoms. The van der Waals surface area contributed by atoms with Crippen LogP contribution in [0.3, 0.4) is 0 Å². The highest BCUT2D eigenvalue weighted by Gasteiger charge is 2.22. The standard InChI is InChI=1S/C23H35N7O/c1-18-6-4-7-20(14-18)17-29-9-11-30(12-10-29)23(24-15-21-8-5-13-31-21)25-16-22-27-26-19(2)28(22)3/h4,6-7,14,21H,5,8-13,15-17H2,1-3H3,(H,24,25). The van der Waals surface area contributed by atoms with Crippen LogP contribution in [0.5, 0.6) is 0 Å². The zero-order valence-corrected chi connectivity index (χ0v) is 19.0. The normalized spacial score (nSPS) is 20.4. The monoisotopic (exact) mass is 425 g/mol. The number of aromatic nitrogens is 3. The molecule has 0 bridgehead atoms. The van der Waals surface area contributed by atoms with Gasteiger partial charge in [0.1, 0.15) is 12.4 Å². The quantitative estimate of drug-likeness (QED) is 0.563. The molecule has 2 fully saturated rings. The van der Waals surface area contributed by atoms with Crippen molar-refractivity contribution < 1.29 is 4.74 Å². The van der Waals surface area contributed by atoms with E-state index in [4.69, 9.17) is 9.73 Å². The summed E-state index contributed by atoms with van der Waals surface area (Å²) >= 11 is 0. The van der Waals surface area contributed by atoms with E-state index in [0.29, 0.717) is 6.54 Å². The van der Waals surface area contributed by atoms with Gasteiger partial charge in [0.2, 0.25) is 0 Å². The molecular weight excluding hydrogens is 390 g/mol. The Morgan fingerprint density at radius 3 is 2.71 bits per heavy atom. The van der Waals surface area contributed by atoms with E-state index in [1.54, 1.807) is 0 Å². The molecule has 2 saturated heterocycles. The van der Waals surface area contributed by atoms with Crippen LogP contribution >= 0.6 is 0 Å². The summed E-state index contributed by atoms with van der Waals surface area (Å²) in [6.07, 6.45) is 2.55. The number of hydrogen-bond donors (Lipinski definition) is 1. The van der Waals surface area contributed by atoms with Crippen molar-refractivity contribution in [3.8, 4) is 0 Å². The molecule has 1 aromatic carbocycles. The molecule has 1 atom stereocenters. The van der Waals surface area contributed by atoms with Gasteiger partial charge in [0.15, 0.2) is 11.8 Å². The average Bonchev–Trinajstić information content (AvgIpc) is 3.40. The van der Waals surface area contributed by atoms with E-state index in [2.05, 4.69) is 56.5 Å². The molecule has 0 saturated carbocycles. The minimum atomic E-state index is 0.282. The second kappa shape index (κ2) is 10.2. The summed E-state index contributed by atoms with van der Waals surface area (Å²) in [5, 5.41) is 12.0. The summed E-state index contributed by atoms with van der Waals surface area (Å²) in [7, 11) is 1.99. The van der Waals surface area contributed by atoms with Gasteiger partial charge in [-0.2, -0.15) is 0 Å². The van der Waals surface area contributed by atoms with E-state index in [1.165, 1.54) is 11.1 Å². The summed E-state index contributed by atoms with van der Waals surface area (Å²) in [4.78, 5) is 9.80. The zero-order chi connectivity index (χ0) is 21.6. The van der Waals surface area contributed by atoms with Crippen molar-refractivity contribution in [3.05, 3.63) is 47.0 Å². The molecule has 8 heteroatoms. The molecule has 8 nitrogen and oxygen atoms in total. The first-order chi connectivity index (χ1) is 15.1. The van der Waals surface area contributed by atoms with Crippen LogP contribution in [0.4, 0.5) is 0 Å². The molecular formula is C23H35N7O. The van der Waals surface area contributed by atoms with Gasteiger partial charge in [-0.3, -0.25) is 4.90 Å². The second-order valence-electron chi connectivity index (χ2n) is 8.63. The van der Waals surface area contributed by atoms with E-state index < -0.39 is 0 Å².